The lowest BCUT2D eigenvalue weighted by Crippen LogP contribution is -2.58. The Balaban J connectivity index is 2.13. The molecule has 2 rings (SSSR count). The molecule has 3 amide bonds. The van der Waals surface area contributed by atoms with Gasteiger partial charge in [0.1, 0.15) is 0 Å². The van der Waals surface area contributed by atoms with Crippen molar-refractivity contribution >= 4 is 11.9 Å². The van der Waals surface area contributed by atoms with E-state index >= 15 is 0 Å². The van der Waals surface area contributed by atoms with Crippen LogP contribution in [0.4, 0.5) is 4.79 Å². The lowest BCUT2D eigenvalue weighted by molar-refractivity contribution is 0.0490. The summed E-state index contributed by atoms with van der Waals surface area (Å²) >= 11 is 0. The summed E-state index contributed by atoms with van der Waals surface area (Å²) in [6.07, 6.45) is 0.898. The first-order chi connectivity index (χ1) is 12.2. The second-order valence-electron chi connectivity index (χ2n) is 8.18. The van der Waals surface area contributed by atoms with Gasteiger partial charge in [-0.15, -0.1) is 0 Å². The predicted molar refractivity (Wildman–Crippen MR) is 105 cm³/mol. The molecule has 1 unspecified atom stereocenters. The van der Waals surface area contributed by atoms with Crippen LogP contribution in [0.2, 0.25) is 0 Å². The lowest BCUT2D eigenvalue weighted by atomic mass is 9.99. The molecule has 5 nitrogen and oxygen atoms in total. The first kappa shape index (κ1) is 20.3. The van der Waals surface area contributed by atoms with Gasteiger partial charge in [0.15, 0.2) is 0 Å². The Morgan fingerprint density at radius 2 is 1.69 bits per heavy atom. The topological polar surface area (TPSA) is 43.9 Å². The van der Waals surface area contributed by atoms with Crippen molar-refractivity contribution in [2.24, 2.45) is 5.92 Å². The van der Waals surface area contributed by atoms with Crippen LogP contribution in [0, 0.1) is 5.92 Å². The van der Waals surface area contributed by atoms with E-state index in [-0.39, 0.29) is 18.0 Å². The van der Waals surface area contributed by atoms with Gasteiger partial charge in [-0.05, 0) is 36.0 Å². The van der Waals surface area contributed by atoms with Gasteiger partial charge in [0.2, 0.25) is 0 Å². The Morgan fingerprint density at radius 1 is 1.08 bits per heavy atom. The van der Waals surface area contributed by atoms with E-state index in [1.165, 1.54) is 5.56 Å². The molecule has 1 heterocycles. The Morgan fingerprint density at radius 3 is 2.19 bits per heavy atom. The average Bonchev–Trinajstić information content (AvgIpc) is 2.60. The predicted octanol–water partition coefficient (Wildman–Crippen LogP) is 3.66. The number of carbonyl (C=O) groups is 2. The number of hydrogen-bond acceptors (Lipinski definition) is 2. The van der Waals surface area contributed by atoms with Gasteiger partial charge in [-0.1, -0.05) is 39.8 Å². The highest BCUT2D eigenvalue weighted by Gasteiger charge is 2.33. The highest BCUT2D eigenvalue weighted by molar-refractivity contribution is 5.94. The Labute approximate surface area is 158 Å². The number of hydrogen-bond donors (Lipinski definition) is 0. The number of piperazine rings is 1. The van der Waals surface area contributed by atoms with E-state index in [9.17, 15) is 9.59 Å². The van der Waals surface area contributed by atoms with Crippen molar-refractivity contribution in [3.05, 3.63) is 35.4 Å². The summed E-state index contributed by atoms with van der Waals surface area (Å²) in [5.41, 5.74) is 1.96. The van der Waals surface area contributed by atoms with Gasteiger partial charge in [-0.25, -0.2) is 4.79 Å². The van der Waals surface area contributed by atoms with E-state index in [1.54, 1.807) is 19.0 Å². The third kappa shape index (κ3) is 4.77. The third-order valence-corrected chi connectivity index (χ3v) is 4.97. The molecule has 0 N–H and O–H groups in total. The summed E-state index contributed by atoms with van der Waals surface area (Å²) in [5.74, 6) is 0.985. The molecular weight excluding hydrogens is 326 g/mol. The van der Waals surface area contributed by atoms with Gasteiger partial charge in [0.25, 0.3) is 5.91 Å². The quantitative estimate of drug-likeness (QED) is 0.823. The SMILES string of the molecule is CC(C)CC1CN(C(=O)c2ccc(C(C)C)cc2)CCN1C(=O)N(C)C. The van der Waals surface area contributed by atoms with Crippen molar-refractivity contribution in [1.82, 2.24) is 14.7 Å². The molecule has 1 aliphatic rings. The van der Waals surface area contributed by atoms with Crippen molar-refractivity contribution in [2.45, 2.75) is 46.1 Å². The lowest BCUT2D eigenvalue weighted by Gasteiger charge is -2.43. The molecule has 1 saturated heterocycles. The summed E-state index contributed by atoms with van der Waals surface area (Å²) < 4.78 is 0. The number of nitrogens with zero attached hydrogens (tertiary/aromatic N) is 3. The van der Waals surface area contributed by atoms with Crippen LogP contribution >= 0.6 is 0 Å². The van der Waals surface area contributed by atoms with Gasteiger partial charge >= 0.3 is 6.03 Å². The number of urea groups is 1. The maximum atomic E-state index is 12.9. The van der Waals surface area contributed by atoms with E-state index in [1.807, 2.05) is 34.1 Å². The van der Waals surface area contributed by atoms with Crippen LogP contribution < -0.4 is 0 Å². The molecule has 1 fully saturated rings. The highest BCUT2D eigenvalue weighted by atomic mass is 16.2. The van der Waals surface area contributed by atoms with Crippen LogP contribution in [-0.4, -0.2) is 66.4 Å². The average molecular weight is 360 g/mol. The summed E-state index contributed by atoms with van der Waals surface area (Å²) in [5, 5.41) is 0. The zero-order chi connectivity index (χ0) is 19.4. The molecule has 0 aromatic heterocycles. The minimum Gasteiger partial charge on any atom is -0.335 e. The largest absolute Gasteiger partial charge is 0.335 e. The molecule has 26 heavy (non-hydrogen) atoms. The van der Waals surface area contributed by atoms with Crippen molar-refractivity contribution < 1.29 is 9.59 Å². The van der Waals surface area contributed by atoms with Crippen molar-refractivity contribution in [1.29, 1.82) is 0 Å². The van der Waals surface area contributed by atoms with Crippen LogP contribution in [0.5, 0.6) is 0 Å². The molecule has 0 aliphatic carbocycles. The monoisotopic (exact) mass is 359 g/mol. The fraction of sp³-hybridized carbons (Fsp3) is 0.619. The summed E-state index contributed by atoms with van der Waals surface area (Å²) in [6.45, 7) is 10.4. The smallest absolute Gasteiger partial charge is 0.319 e. The second-order valence-corrected chi connectivity index (χ2v) is 8.18. The number of carbonyl (C=O) groups excluding carboxylic acids is 2. The molecule has 144 valence electrons. The van der Waals surface area contributed by atoms with Crippen LogP contribution in [0.3, 0.4) is 0 Å². The van der Waals surface area contributed by atoms with Gasteiger partial charge in [-0.3, -0.25) is 4.79 Å². The minimum atomic E-state index is 0.0315. The van der Waals surface area contributed by atoms with E-state index in [0.29, 0.717) is 31.5 Å². The molecule has 0 radical (unpaired) electrons. The van der Waals surface area contributed by atoms with Crippen LogP contribution in [-0.2, 0) is 0 Å². The molecule has 0 spiro atoms. The molecule has 0 bridgehead atoms. The number of benzene rings is 1. The molecule has 1 atom stereocenters. The van der Waals surface area contributed by atoms with E-state index in [2.05, 4.69) is 27.7 Å². The molecule has 5 heteroatoms. The number of amides is 3. The Hall–Kier alpha value is -2.04. The van der Waals surface area contributed by atoms with Gasteiger partial charge in [0.05, 0.1) is 6.04 Å². The summed E-state index contributed by atoms with van der Waals surface area (Å²) in [6, 6.07) is 8.02. The molecular formula is C21H33N3O2. The Bertz CT molecular complexity index is 623. The first-order valence-electron chi connectivity index (χ1n) is 9.57. The van der Waals surface area contributed by atoms with Gasteiger partial charge < -0.3 is 14.7 Å². The second kappa shape index (κ2) is 8.56. The van der Waals surface area contributed by atoms with E-state index in [4.69, 9.17) is 0 Å². The highest BCUT2D eigenvalue weighted by Crippen LogP contribution is 2.21. The van der Waals surface area contributed by atoms with Gasteiger partial charge in [-0.2, -0.15) is 0 Å². The van der Waals surface area contributed by atoms with Crippen molar-refractivity contribution in [3.8, 4) is 0 Å². The van der Waals surface area contributed by atoms with Gasteiger partial charge in [0, 0.05) is 39.3 Å². The fourth-order valence-corrected chi connectivity index (χ4v) is 3.49. The van der Waals surface area contributed by atoms with Crippen molar-refractivity contribution in [2.75, 3.05) is 33.7 Å². The molecule has 1 aliphatic heterocycles. The molecule has 1 aromatic rings. The van der Waals surface area contributed by atoms with E-state index < -0.39 is 0 Å². The third-order valence-electron chi connectivity index (χ3n) is 4.97. The van der Waals surface area contributed by atoms with Crippen molar-refractivity contribution in [3.63, 3.8) is 0 Å². The zero-order valence-electron chi connectivity index (χ0n) is 17.0. The van der Waals surface area contributed by atoms with Crippen LogP contribution in [0.1, 0.15) is 56.0 Å². The summed E-state index contributed by atoms with van der Waals surface area (Å²) in [4.78, 5) is 30.9. The van der Waals surface area contributed by atoms with E-state index in [0.717, 1.165) is 12.0 Å². The maximum Gasteiger partial charge on any atom is 0.319 e. The molecule has 0 saturated carbocycles. The summed E-state index contributed by atoms with van der Waals surface area (Å²) in [7, 11) is 3.56. The normalized spacial score (nSPS) is 17.8. The molecule has 1 aromatic carbocycles. The Kier molecular flexibility index (Phi) is 6.68. The van der Waals surface area contributed by atoms with Crippen LogP contribution in [0.25, 0.3) is 0 Å². The number of rotatable bonds is 4. The first-order valence-corrected chi connectivity index (χ1v) is 9.57. The zero-order valence-corrected chi connectivity index (χ0v) is 17.0. The van der Waals surface area contributed by atoms with Crippen LogP contribution in [0.15, 0.2) is 24.3 Å². The fourth-order valence-electron chi connectivity index (χ4n) is 3.49. The minimum absolute atomic E-state index is 0.0315. The maximum absolute atomic E-state index is 12.9. The standard InChI is InChI=1S/C21H33N3O2/c1-15(2)13-19-14-23(11-12-24(19)21(26)22(5)6)20(25)18-9-7-17(8-10-18)16(3)4/h7-10,15-16,19H,11-14H2,1-6H3.